The molecule has 0 N–H and O–H groups in total. The maximum atomic E-state index is 12.5. The van der Waals surface area contributed by atoms with Crippen LogP contribution in [0.3, 0.4) is 0 Å². The number of benzene rings is 1. The number of nitrogens with zero attached hydrogens (tertiary/aromatic N) is 1. The fourth-order valence-corrected chi connectivity index (χ4v) is 2.53. The first-order chi connectivity index (χ1) is 10.8. The lowest BCUT2D eigenvalue weighted by Gasteiger charge is -2.25. The number of carbonyl (C=O) groups is 1. The van der Waals surface area contributed by atoms with Crippen LogP contribution in [0.4, 0.5) is 0 Å². The molecule has 4 rings (SSSR count). The van der Waals surface area contributed by atoms with Gasteiger partial charge in [-0.2, -0.15) is 0 Å². The van der Waals surface area contributed by atoms with Gasteiger partial charge in [-0.15, -0.1) is 0 Å². The van der Waals surface area contributed by atoms with E-state index in [9.17, 15) is 4.79 Å². The monoisotopic (exact) mass is 303 g/mol. The first-order valence-corrected chi connectivity index (χ1v) is 7.45. The molecular formula is C16H17NO5. The quantitative estimate of drug-likeness (QED) is 0.804. The summed E-state index contributed by atoms with van der Waals surface area (Å²) in [4.78, 5) is 14.2. The molecule has 1 atom stereocenters. The molecule has 0 spiro atoms. The first kappa shape index (κ1) is 13.6. The number of amides is 1. The second kappa shape index (κ2) is 5.62. The van der Waals surface area contributed by atoms with Crippen molar-refractivity contribution in [3.8, 4) is 5.75 Å². The van der Waals surface area contributed by atoms with Crippen molar-refractivity contribution in [3.05, 3.63) is 30.0 Å². The van der Waals surface area contributed by atoms with E-state index in [4.69, 9.17) is 18.6 Å². The summed E-state index contributed by atoms with van der Waals surface area (Å²) in [6.07, 6.45) is 0.191. The Morgan fingerprint density at radius 3 is 2.91 bits per heavy atom. The molecule has 1 aromatic carbocycles. The van der Waals surface area contributed by atoms with Gasteiger partial charge in [-0.3, -0.25) is 4.79 Å². The molecule has 1 amide bonds. The fourth-order valence-electron chi connectivity index (χ4n) is 2.53. The van der Waals surface area contributed by atoms with Crippen LogP contribution in [0.25, 0.3) is 11.0 Å². The van der Waals surface area contributed by atoms with Gasteiger partial charge in [-0.05, 0) is 12.1 Å². The number of fused-ring (bicyclic) bond motifs is 1. The Labute approximate surface area is 127 Å². The van der Waals surface area contributed by atoms with Crippen LogP contribution in [-0.4, -0.2) is 56.4 Å². The molecule has 116 valence electrons. The van der Waals surface area contributed by atoms with Gasteiger partial charge in [0, 0.05) is 19.2 Å². The van der Waals surface area contributed by atoms with Crippen molar-refractivity contribution >= 4 is 16.9 Å². The maximum Gasteiger partial charge on any atom is 0.289 e. The van der Waals surface area contributed by atoms with Crippen molar-refractivity contribution in [2.24, 2.45) is 0 Å². The Morgan fingerprint density at radius 1 is 1.32 bits per heavy atom. The van der Waals surface area contributed by atoms with Gasteiger partial charge in [0.1, 0.15) is 24.0 Å². The molecular weight excluding hydrogens is 286 g/mol. The molecule has 2 fully saturated rings. The third-order valence-corrected chi connectivity index (χ3v) is 3.86. The van der Waals surface area contributed by atoms with Crippen LogP contribution in [0.15, 0.2) is 28.7 Å². The zero-order valence-electron chi connectivity index (χ0n) is 12.1. The second-order valence-electron chi connectivity index (χ2n) is 5.45. The van der Waals surface area contributed by atoms with Gasteiger partial charge < -0.3 is 23.5 Å². The molecule has 0 bridgehead atoms. The highest BCUT2D eigenvalue weighted by Gasteiger charge is 2.25. The summed E-state index contributed by atoms with van der Waals surface area (Å²) >= 11 is 0. The molecule has 2 aliphatic rings. The smallest absolute Gasteiger partial charge is 0.289 e. The highest BCUT2D eigenvalue weighted by atomic mass is 16.6. The highest BCUT2D eigenvalue weighted by Crippen LogP contribution is 2.30. The van der Waals surface area contributed by atoms with Crippen LogP contribution in [0.2, 0.25) is 0 Å². The molecule has 22 heavy (non-hydrogen) atoms. The number of epoxide rings is 1. The molecule has 1 unspecified atom stereocenters. The zero-order chi connectivity index (χ0) is 14.9. The van der Waals surface area contributed by atoms with E-state index in [1.165, 1.54) is 0 Å². The topological polar surface area (TPSA) is 64.4 Å². The summed E-state index contributed by atoms with van der Waals surface area (Å²) in [7, 11) is 0. The van der Waals surface area contributed by atoms with E-state index in [2.05, 4.69) is 0 Å². The van der Waals surface area contributed by atoms with Gasteiger partial charge in [-0.1, -0.05) is 6.07 Å². The summed E-state index contributed by atoms with van der Waals surface area (Å²) in [5.41, 5.74) is 0.658. The lowest BCUT2D eigenvalue weighted by Crippen LogP contribution is -2.40. The molecule has 3 heterocycles. The SMILES string of the molecule is O=C(c1cc2c(OCC3CO3)cccc2o1)N1CCOCC1. The summed E-state index contributed by atoms with van der Waals surface area (Å²) in [6.45, 7) is 3.61. The summed E-state index contributed by atoms with van der Waals surface area (Å²) in [6, 6.07) is 7.34. The van der Waals surface area contributed by atoms with E-state index in [1.807, 2.05) is 18.2 Å². The molecule has 2 saturated heterocycles. The average Bonchev–Trinajstić information content (AvgIpc) is 3.29. The van der Waals surface area contributed by atoms with E-state index >= 15 is 0 Å². The van der Waals surface area contributed by atoms with Gasteiger partial charge >= 0.3 is 0 Å². The lowest BCUT2D eigenvalue weighted by molar-refractivity contribution is 0.0284. The first-order valence-electron chi connectivity index (χ1n) is 7.45. The number of hydrogen-bond donors (Lipinski definition) is 0. The summed E-state index contributed by atoms with van der Waals surface area (Å²) in [5.74, 6) is 0.962. The Bertz CT molecular complexity index is 685. The van der Waals surface area contributed by atoms with E-state index in [0.29, 0.717) is 44.3 Å². The number of furan rings is 1. The molecule has 6 nitrogen and oxygen atoms in total. The van der Waals surface area contributed by atoms with Crippen LogP contribution in [0, 0.1) is 0 Å². The fraction of sp³-hybridized carbons (Fsp3) is 0.438. The molecule has 0 aliphatic carbocycles. The van der Waals surface area contributed by atoms with E-state index in [0.717, 1.165) is 17.7 Å². The highest BCUT2D eigenvalue weighted by molar-refractivity contribution is 5.97. The second-order valence-corrected chi connectivity index (χ2v) is 5.45. The van der Waals surface area contributed by atoms with Crippen LogP contribution in [0.5, 0.6) is 5.75 Å². The van der Waals surface area contributed by atoms with E-state index in [-0.39, 0.29) is 12.0 Å². The third-order valence-electron chi connectivity index (χ3n) is 3.86. The Hall–Kier alpha value is -2.05. The molecule has 6 heteroatoms. The largest absolute Gasteiger partial charge is 0.490 e. The number of carbonyl (C=O) groups excluding carboxylic acids is 1. The van der Waals surface area contributed by atoms with Crippen molar-refractivity contribution in [1.82, 2.24) is 4.90 Å². The maximum absolute atomic E-state index is 12.5. The normalized spacial score (nSPS) is 21.1. The minimum Gasteiger partial charge on any atom is -0.490 e. The predicted octanol–water partition coefficient (Wildman–Crippen LogP) is 1.68. The van der Waals surface area contributed by atoms with Crippen LogP contribution in [-0.2, 0) is 9.47 Å². The summed E-state index contributed by atoms with van der Waals surface area (Å²) < 4.78 is 21.9. The van der Waals surface area contributed by atoms with Crippen molar-refractivity contribution in [2.75, 3.05) is 39.5 Å². The molecule has 2 aliphatic heterocycles. The van der Waals surface area contributed by atoms with Gasteiger partial charge in [-0.25, -0.2) is 0 Å². The zero-order valence-corrected chi connectivity index (χ0v) is 12.1. The Balaban J connectivity index is 1.58. The van der Waals surface area contributed by atoms with Crippen molar-refractivity contribution in [1.29, 1.82) is 0 Å². The van der Waals surface area contributed by atoms with E-state index in [1.54, 1.807) is 11.0 Å². The molecule has 0 radical (unpaired) electrons. The van der Waals surface area contributed by atoms with Crippen LogP contribution in [0.1, 0.15) is 10.6 Å². The molecule has 0 saturated carbocycles. The Morgan fingerprint density at radius 2 is 2.14 bits per heavy atom. The minimum absolute atomic E-state index is 0.101. The van der Waals surface area contributed by atoms with Crippen molar-refractivity contribution < 1.29 is 23.4 Å². The number of morpholine rings is 1. The minimum atomic E-state index is -0.101. The number of rotatable bonds is 4. The van der Waals surface area contributed by atoms with Gasteiger partial charge in [0.25, 0.3) is 5.91 Å². The van der Waals surface area contributed by atoms with Crippen LogP contribution >= 0.6 is 0 Å². The van der Waals surface area contributed by atoms with Crippen molar-refractivity contribution in [3.63, 3.8) is 0 Å². The molecule has 1 aromatic heterocycles. The summed E-state index contributed by atoms with van der Waals surface area (Å²) in [5, 5.41) is 0.819. The third kappa shape index (κ3) is 2.67. The predicted molar refractivity (Wildman–Crippen MR) is 78.2 cm³/mol. The number of hydrogen-bond acceptors (Lipinski definition) is 5. The number of ether oxygens (including phenoxy) is 3. The van der Waals surface area contributed by atoms with E-state index < -0.39 is 0 Å². The molecule has 2 aromatic rings. The standard InChI is InChI=1S/C16H17NO5/c18-16(17-4-6-19-7-5-17)15-8-12-13(21-10-11-9-20-11)2-1-3-14(12)22-15/h1-3,8,11H,4-7,9-10H2. The Kier molecular flexibility index (Phi) is 3.48. The van der Waals surface area contributed by atoms with Crippen molar-refractivity contribution in [2.45, 2.75) is 6.10 Å². The van der Waals surface area contributed by atoms with Gasteiger partial charge in [0.05, 0.1) is 25.2 Å². The van der Waals surface area contributed by atoms with Gasteiger partial charge in [0.2, 0.25) is 0 Å². The average molecular weight is 303 g/mol. The lowest BCUT2D eigenvalue weighted by atomic mass is 10.2. The van der Waals surface area contributed by atoms with Gasteiger partial charge in [0.15, 0.2) is 5.76 Å². The van der Waals surface area contributed by atoms with Crippen LogP contribution < -0.4 is 4.74 Å².